The smallest absolute Gasteiger partial charge is 0.125 e. The van der Waals surface area contributed by atoms with E-state index in [9.17, 15) is 4.39 Å². The van der Waals surface area contributed by atoms with Crippen LogP contribution in [-0.2, 0) is 5.88 Å². The Morgan fingerprint density at radius 1 is 1.44 bits per heavy atom. The van der Waals surface area contributed by atoms with Crippen molar-refractivity contribution in [2.75, 3.05) is 18.0 Å². The Morgan fingerprint density at radius 2 is 2.19 bits per heavy atom. The van der Waals surface area contributed by atoms with Crippen LogP contribution in [0.4, 0.5) is 10.1 Å². The summed E-state index contributed by atoms with van der Waals surface area (Å²) in [5.74, 6) is 0.00385. The zero-order chi connectivity index (χ0) is 12.0. The molecule has 0 amide bonds. The van der Waals surface area contributed by atoms with Crippen molar-refractivity contribution in [2.24, 2.45) is 0 Å². The van der Waals surface area contributed by atoms with E-state index in [4.69, 9.17) is 16.9 Å². The molecule has 1 aromatic carbocycles. The molecule has 0 radical (unpaired) electrons. The summed E-state index contributed by atoms with van der Waals surface area (Å²) in [5, 5.41) is 8.54. The lowest BCUT2D eigenvalue weighted by Crippen LogP contribution is -2.23. The van der Waals surface area contributed by atoms with Crippen LogP contribution >= 0.6 is 11.6 Å². The van der Waals surface area contributed by atoms with Crippen LogP contribution in [0.15, 0.2) is 18.2 Å². The van der Waals surface area contributed by atoms with Gasteiger partial charge in [0.2, 0.25) is 0 Å². The van der Waals surface area contributed by atoms with E-state index in [1.54, 1.807) is 0 Å². The normalized spacial score (nSPS) is 9.88. The average Bonchev–Trinajstić information content (AvgIpc) is 2.29. The van der Waals surface area contributed by atoms with Gasteiger partial charge in [0.1, 0.15) is 5.82 Å². The summed E-state index contributed by atoms with van der Waals surface area (Å²) in [5.41, 5.74) is 1.54. The lowest BCUT2D eigenvalue weighted by atomic mass is 10.2. The molecule has 0 aliphatic heterocycles. The summed E-state index contributed by atoms with van der Waals surface area (Å²) in [6.07, 6.45) is 0.431. The molecule has 0 saturated carbocycles. The molecule has 86 valence electrons. The molecule has 0 fully saturated rings. The number of nitriles is 1. The van der Waals surface area contributed by atoms with Crippen LogP contribution in [0.5, 0.6) is 0 Å². The Hall–Kier alpha value is -1.27. The van der Waals surface area contributed by atoms with Crippen LogP contribution in [0.2, 0.25) is 0 Å². The van der Waals surface area contributed by atoms with Gasteiger partial charge in [-0.1, -0.05) is 0 Å². The Labute approximate surface area is 100 Å². The van der Waals surface area contributed by atoms with Gasteiger partial charge in [0.15, 0.2) is 0 Å². The first-order chi connectivity index (χ1) is 7.71. The highest BCUT2D eigenvalue weighted by Gasteiger charge is 2.07. The molecular weight excluding hydrogens is 227 g/mol. The lowest BCUT2D eigenvalue weighted by molar-refractivity contribution is 0.625. The number of anilines is 1. The summed E-state index contributed by atoms with van der Waals surface area (Å²) in [6, 6.07) is 6.84. The third-order valence-corrected chi connectivity index (χ3v) is 2.65. The highest BCUT2D eigenvalue weighted by Crippen LogP contribution is 2.20. The van der Waals surface area contributed by atoms with Gasteiger partial charge in [-0.3, -0.25) is 0 Å². The molecule has 0 aliphatic rings. The molecule has 0 spiro atoms. The van der Waals surface area contributed by atoms with Crippen molar-refractivity contribution < 1.29 is 4.39 Å². The maximum Gasteiger partial charge on any atom is 0.125 e. The van der Waals surface area contributed by atoms with Gasteiger partial charge in [0.05, 0.1) is 12.5 Å². The molecule has 0 atom stereocenters. The van der Waals surface area contributed by atoms with Gasteiger partial charge >= 0.3 is 0 Å². The van der Waals surface area contributed by atoms with E-state index in [1.807, 2.05) is 17.9 Å². The van der Waals surface area contributed by atoms with E-state index in [-0.39, 0.29) is 5.82 Å². The van der Waals surface area contributed by atoms with E-state index in [2.05, 4.69) is 6.07 Å². The van der Waals surface area contributed by atoms with Crippen molar-refractivity contribution in [1.82, 2.24) is 0 Å². The van der Waals surface area contributed by atoms with E-state index in [0.29, 0.717) is 18.8 Å². The van der Waals surface area contributed by atoms with E-state index in [1.165, 1.54) is 12.1 Å². The van der Waals surface area contributed by atoms with Crippen LogP contribution in [0.25, 0.3) is 0 Å². The van der Waals surface area contributed by atoms with Crippen molar-refractivity contribution in [3.05, 3.63) is 29.6 Å². The summed E-state index contributed by atoms with van der Waals surface area (Å²) < 4.78 is 13.3. The molecule has 0 bridgehead atoms. The largest absolute Gasteiger partial charge is 0.371 e. The van der Waals surface area contributed by atoms with Crippen LogP contribution < -0.4 is 4.90 Å². The fraction of sp³-hybridized carbons (Fsp3) is 0.417. The first kappa shape index (κ1) is 12.8. The minimum absolute atomic E-state index is 0.288. The predicted octanol–water partition coefficient (Wildman–Crippen LogP) is 3.30. The van der Waals surface area contributed by atoms with Crippen molar-refractivity contribution in [3.8, 4) is 6.07 Å². The fourth-order valence-electron chi connectivity index (χ4n) is 1.55. The van der Waals surface area contributed by atoms with Crippen molar-refractivity contribution in [2.45, 2.75) is 19.2 Å². The highest BCUT2D eigenvalue weighted by molar-refractivity contribution is 6.17. The fourth-order valence-corrected chi connectivity index (χ4v) is 1.70. The Kier molecular flexibility index (Phi) is 5.07. The minimum atomic E-state index is -0.288. The summed E-state index contributed by atoms with van der Waals surface area (Å²) in [7, 11) is 0. The molecule has 0 aromatic heterocycles. The van der Waals surface area contributed by atoms with E-state index in [0.717, 1.165) is 17.8 Å². The first-order valence-electron chi connectivity index (χ1n) is 5.18. The number of hydrogen-bond acceptors (Lipinski definition) is 2. The van der Waals surface area contributed by atoms with Crippen LogP contribution in [-0.4, -0.2) is 13.1 Å². The topological polar surface area (TPSA) is 27.0 Å². The van der Waals surface area contributed by atoms with Gasteiger partial charge in [-0.25, -0.2) is 4.39 Å². The van der Waals surface area contributed by atoms with Crippen molar-refractivity contribution in [3.63, 3.8) is 0 Å². The van der Waals surface area contributed by atoms with Gasteiger partial charge in [-0.15, -0.1) is 11.6 Å². The van der Waals surface area contributed by atoms with Crippen LogP contribution in [0.3, 0.4) is 0 Å². The predicted molar refractivity (Wildman–Crippen MR) is 64.1 cm³/mol. The van der Waals surface area contributed by atoms with Crippen LogP contribution in [0, 0.1) is 17.1 Å². The molecule has 2 nitrogen and oxygen atoms in total. The Balaban J connectivity index is 2.91. The number of benzene rings is 1. The first-order valence-corrected chi connectivity index (χ1v) is 5.72. The van der Waals surface area contributed by atoms with Gasteiger partial charge in [-0.2, -0.15) is 5.26 Å². The highest BCUT2D eigenvalue weighted by atomic mass is 35.5. The molecule has 0 unspecified atom stereocenters. The molecule has 1 aromatic rings. The Bertz CT molecular complexity index is 387. The molecule has 0 heterocycles. The molecule has 0 saturated heterocycles. The molecule has 0 N–H and O–H groups in total. The molecule has 16 heavy (non-hydrogen) atoms. The summed E-state index contributed by atoms with van der Waals surface area (Å²) >= 11 is 5.69. The number of alkyl halides is 1. The number of rotatable bonds is 5. The SMILES string of the molecule is CCN(CCC#N)c1cc(F)cc(CCl)c1. The van der Waals surface area contributed by atoms with Crippen molar-refractivity contribution >= 4 is 17.3 Å². The van der Waals surface area contributed by atoms with Gasteiger partial charge < -0.3 is 4.90 Å². The van der Waals surface area contributed by atoms with E-state index < -0.39 is 0 Å². The standard InChI is InChI=1S/C12H14ClFN2/c1-2-16(5-3-4-15)12-7-10(9-13)6-11(14)8-12/h6-8H,2-3,5,9H2,1H3. The number of halogens is 2. The number of nitrogens with zero attached hydrogens (tertiary/aromatic N) is 2. The molecule has 0 aliphatic carbocycles. The van der Waals surface area contributed by atoms with Crippen LogP contribution in [0.1, 0.15) is 18.9 Å². The quantitative estimate of drug-likeness (QED) is 0.739. The third kappa shape index (κ3) is 3.39. The average molecular weight is 241 g/mol. The molecule has 4 heteroatoms. The second-order valence-corrected chi connectivity index (χ2v) is 3.71. The maximum atomic E-state index is 13.3. The lowest BCUT2D eigenvalue weighted by Gasteiger charge is -2.22. The number of hydrogen-bond donors (Lipinski definition) is 0. The zero-order valence-electron chi connectivity index (χ0n) is 9.21. The second kappa shape index (κ2) is 6.34. The van der Waals surface area contributed by atoms with Gasteiger partial charge in [0, 0.05) is 24.7 Å². The Morgan fingerprint density at radius 3 is 2.75 bits per heavy atom. The third-order valence-electron chi connectivity index (χ3n) is 2.34. The molecule has 1 rings (SSSR count). The summed E-state index contributed by atoms with van der Waals surface area (Å²) in [4.78, 5) is 1.96. The zero-order valence-corrected chi connectivity index (χ0v) is 9.97. The molecular formula is C12H14ClFN2. The van der Waals surface area contributed by atoms with Gasteiger partial charge in [-0.05, 0) is 30.7 Å². The maximum absolute atomic E-state index is 13.3. The monoisotopic (exact) mass is 240 g/mol. The van der Waals surface area contributed by atoms with Gasteiger partial charge in [0.25, 0.3) is 0 Å². The minimum Gasteiger partial charge on any atom is -0.371 e. The summed E-state index contributed by atoms with van der Waals surface area (Å²) in [6.45, 7) is 3.33. The second-order valence-electron chi connectivity index (χ2n) is 3.44. The van der Waals surface area contributed by atoms with Crippen molar-refractivity contribution in [1.29, 1.82) is 5.26 Å². The van der Waals surface area contributed by atoms with E-state index >= 15 is 0 Å².